The zero-order valence-corrected chi connectivity index (χ0v) is 9.59. The van der Waals surface area contributed by atoms with Gasteiger partial charge in [0.05, 0.1) is 5.75 Å². The van der Waals surface area contributed by atoms with Crippen molar-refractivity contribution in [3.8, 4) is 0 Å². The molecule has 1 heterocycles. The molecule has 0 spiro atoms. The maximum atomic E-state index is 11.8. The molecule has 1 atom stereocenters. The van der Waals surface area contributed by atoms with Gasteiger partial charge in [-0.05, 0) is 19.8 Å². The van der Waals surface area contributed by atoms with Crippen LogP contribution in [0.2, 0.25) is 0 Å². The molecule has 0 aromatic carbocycles. The van der Waals surface area contributed by atoms with Gasteiger partial charge in [-0.3, -0.25) is 0 Å². The highest BCUT2D eigenvalue weighted by Crippen LogP contribution is 2.13. The summed E-state index contributed by atoms with van der Waals surface area (Å²) in [6, 6.07) is -0.275. The summed E-state index contributed by atoms with van der Waals surface area (Å²) in [6.07, 6.45) is 4.25. The maximum Gasteiger partial charge on any atom is 0.215 e. The van der Waals surface area contributed by atoms with Crippen molar-refractivity contribution in [3.05, 3.63) is 0 Å². The van der Waals surface area contributed by atoms with Gasteiger partial charge >= 0.3 is 0 Å². The molecule has 14 heavy (non-hydrogen) atoms. The molecule has 1 unspecified atom stereocenters. The number of rotatable bonds is 3. The maximum absolute atomic E-state index is 11.8. The summed E-state index contributed by atoms with van der Waals surface area (Å²) in [6.45, 7) is 3.08. The van der Waals surface area contributed by atoms with Crippen LogP contribution in [0.25, 0.3) is 0 Å². The lowest BCUT2D eigenvalue weighted by atomic mass is 10.2. The highest BCUT2D eigenvalue weighted by atomic mass is 32.2. The lowest BCUT2D eigenvalue weighted by Crippen LogP contribution is -2.39. The van der Waals surface area contributed by atoms with E-state index in [2.05, 4.69) is 0 Å². The van der Waals surface area contributed by atoms with Crippen molar-refractivity contribution < 1.29 is 8.42 Å². The molecule has 1 rings (SSSR count). The Bertz CT molecular complexity index is 254. The molecule has 1 aliphatic rings. The monoisotopic (exact) mass is 220 g/mol. The van der Waals surface area contributed by atoms with E-state index < -0.39 is 10.0 Å². The second-order valence-corrected chi connectivity index (χ2v) is 6.08. The van der Waals surface area contributed by atoms with Crippen molar-refractivity contribution in [3.63, 3.8) is 0 Å². The summed E-state index contributed by atoms with van der Waals surface area (Å²) in [7, 11) is -3.10. The fraction of sp³-hybridized carbons (Fsp3) is 1.00. The molecule has 0 aromatic heterocycles. The summed E-state index contributed by atoms with van der Waals surface area (Å²) >= 11 is 0. The fourth-order valence-corrected chi connectivity index (χ4v) is 3.45. The molecule has 4 nitrogen and oxygen atoms in total. The first-order valence-corrected chi connectivity index (χ1v) is 6.87. The molecule has 0 radical (unpaired) electrons. The Morgan fingerprint density at radius 2 is 1.71 bits per heavy atom. The van der Waals surface area contributed by atoms with E-state index in [-0.39, 0.29) is 11.8 Å². The molecule has 5 heteroatoms. The summed E-state index contributed by atoms with van der Waals surface area (Å²) in [5.74, 6) is 0.0764. The summed E-state index contributed by atoms with van der Waals surface area (Å²) < 4.78 is 25.2. The van der Waals surface area contributed by atoms with E-state index in [9.17, 15) is 8.42 Å². The zero-order chi connectivity index (χ0) is 10.6. The first-order valence-electron chi connectivity index (χ1n) is 5.26. The molecular weight excluding hydrogens is 200 g/mol. The van der Waals surface area contributed by atoms with Crippen LogP contribution >= 0.6 is 0 Å². The van der Waals surface area contributed by atoms with E-state index in [0.29, 0.717) is 13.1 Å². The number of nitrogens with zero attached hydrogens (tertiary/aromatic N) is 1. The first kappa shape index (κ1) is 11.9. The molecule has 2 N–H and O–H groups in total. The van der Waals surface area contributed by atoms with E-state index in [1.807, 2.05) is 0 Å². The minimum absolute atomic E-state index is 0.0764. The average molecular weight is 220 g/mol. The summed E-state index contributed by atoms with van der Waals surface area (Å²) in [4.78, 5) is 0. The van der Waals surface area contributed by atoms with Crippen LogP contribution in [0.15, 0.2) is 0 Å². The minimum atomic E-state index is -3.10. The molecule has 0 saturated carbocycles. The number of hydrogen-bond acceptors (Lipinski definition) is 3. The van der Waals surface area contributed by atoms with Gasteiger partial charge in [0.25, 0.3) is 0 Å². The molecular formula is C9H20N2O2S. The third kappa shape index (κ3) is 3.55. The van der Waals surface area contributed by atoms with Gasteiger partial charge in [0.2, 0.25) is 10.0 Å². The van der Waals surface area contributed by atoms with Gasteiger partial charge in [0.1, 0.15) is 0 Å². The van der Waals surface area contributed by atoms with Gasteiger partial charge in [-0.1, -0.05) is 12.8 Å². The third-order valence-electron chi connectivity index (χ3n) is 2.43. The van der Waals surface area contributed by atoms with Crippen LogP contribution in [0.1, 0.15) is 32.6 Å². The topological polar surface area (TPSA) is 63.4 Å². The van der Waals surface area contributed by atoms with Crippen LogP contribution in [0.5, 0.6) is 0 Å². The molecule has 0 aromatic rings. The highest BCUT2D eigenvalue weighted by Gasteiger charge is 2.23. The predicted molar refractivity (Wildman–Crippen MR) is 57.5 cm³/mol. The van der Waals surface area contributed by atoms with Crippen LogP contribution in [0, 0.1) is 0 Å². The van der Waals surface area contributed by atoms with Crippen molar-refractivity contribution in [2.45, 2.75) is 38.6 Å². The Morgan fingerprint density at radius 3 is 2.14 bits per heavy atom. The zero-order valence-electron chi connectivity index (χ0n) is 8.78. The lowest BCUT2D eigenvalue weighted by Gasteiger charge is -2.20. The van der Waals surface area contributed by atoms with Gasteiger partial charge in [0.15, 0.2) is 0 Å². The predicted octanol–water partition coefficient (Wildman–Crippen LogP) is 0.539. The molecule has 1 saturated heterocycles. The van der Waals surface area contributed by atoms with Gasteiger partial charge < -0.3 is 5.73 Å². The van der Waals surface area contributed by atoms with Gasteiger partial charge in [-0.2, -0.15) is 0 Å². The van der Waals surface area contributed by atoms with Gasteiger partial charge in [-0.25, -0.2) is 12.7 Å². The third-order valence-corrected chi connectivity index (χ3v) is 4.53. The second-order valence-electron chi connectivity index (χ2n) is 4.07. The minimum Gasteiger partial charge on any atom is -0.327 e. The van der Waals surface area contributed by atoms with Crippen molar-refractivity contribution in [2.24, 2.45) is 5.73 Å². The molecule has 1 aliphatic heterocycles. The smallest absolute Gasteiger partial charge is 0.215 e. The van der Waals surface area contributed by atoms with Crippen LogP contribution in [-0.4, -0.2) is 37.6 Å². The quantitative estimate of drug-likeness (QED) is 0.755. The van der Waals surface area contributed by atoms with Gasteiger partial charge in [0, 0.05) is 19.1 Å². The Balaban J connectivity index is 2.60. The van der Waals surface area contributed by atoms with Crippen LogP contribution in [0.3, 0.4) is 0 Å². The average Bonchev–Trinajstić information content (AvgIpc) is 2.28. The standard InChI is InChI=1S/C9H20N2O2S/c1-9(10)8-14(12,13)11-6-4-2-3-5-7-11/h9H,2-8,10H2,1H3. The summed E-state index contributed by atoms with van der Waals surface area (Å²) in [5, 5.41) is 0. The van der Waals surface area contributed by atoms with Gasteiger partial charge in [-0.15, -0.1) is 0 Å². The Labute approximate surface area is 86.5 Å². The largest absolute Gasteiger partial charge is 0.327 e. The Kier molecular flexibility index (Phi) is 4.34. The highest BCUT2D eigenvalue weighted by molar-refractivity contribution is 7.89. The van der Waals surface area contributed by atoms with Crippen molar-refractivity contribution >= 4 is 10.0 Å². The van der Waals surface area contributed by atoms with Crippen molar-refractivity contribution in [2.75, 3.05) is 18.8 Å². The van der Waals surface area contributed by atoms with Crippen LogP contribution in [0.4, 0.5) is 0 Å². The number of nitrogens with two attached hydrogens (primary N) is 1. The Hall–Kier alpha value is -0.130. The molecule has 84 valence electrons. The van der Waals surface area contributed by atoms with E-state index in [4.69, 9.17) is 5.73 Å². The molecule has 1 fully saturated rings. The normalized spacial score (nSPS) is 23.0. The first-order chi connectivity index (χ1) is 6.52. The molecule has 0 amide bonds. The van der Waals surface area contributed by atoms with E-state index in [1.165, 1.54) is 0 Å². The Morgan fingerprint density at radius 1 is 1.21 bits per heavy atom. The van der Waals surface area contributed by atoms with Crippen molar-refractivity contribution in [1.29, 1.82) is 0 Å². The fourth-order valence-electron chi connectivity index (χ4n) is 1.76. The number of sulfonamides is 1. The number of hydrogen-bond donors (Lipinski definition) is 1. The summed E-state index contributed by atoms with van der Waals surface area (Å²) in [5.41, 5.74) is 5.52. The van der Waals surface area contributed by atoms with Crippen molar-refractivity contribution in [1.82, 2.24) is 4.31 Å². The van der Waals surface area contributed by atoms with E-state index >= 15 is 0 Å². The molecule has 0 aliphatic carbocycles. The van der Waals surface area contributed by atoms with E-state index in [1.54, 1.807) is 11.2 Å². The second kappa shape index (κ2) is 5.09. The molecule has 0 bridgehead atoms. The SMILES string of the molecule is CC(N)CS(=O)(=O)N1CCCCCC1. The van der Waals surface area contributed by atoms with Crippen LogP contribution < -0.4 is 5.73 Å². The lowest BCUT2D eigenvalue weighted by molar-refractivity contribution is 0.421. The van der Waals surface area contributed by atoms with Crippen LogP contribution in [-0.2, 0) is 10.0 Å². The van der Waals surface area contributed by atoms with E-state index in [0.717, 1.165) is 25.7 Å².